The molecule has 2 rings (SSSR count). The van der Waals surface area contributed by atoms with Crippen LogP contribution in [-0.4, -0.2) is 12.6 Å². The zero-order valence-electron chi connectivity index (χ0n) is 8.49. The van der Waals surface area contributed by atoms with E-state index in [0.717, 1.165) is 0 Å². The van der Waals surface area contributed by atoms with Gasteiger partial charge in [0, 0.05) is 5.56 Å². The van der Waals surface area contributed by atoms with Gasteiger partial charge in [0.15, 0.2) is 6.29 Å². The highest BCUT2D eigenvalue weighted by Gasteiger charge is 2.31. The first kappa shape index (κ1) is 11.4. The van der Waals surface area contributed by atoms with E-state index < -0.39 is 6.36 Å². The number of benzene rings is 2. The van der Waals surface area contributed by atoms with Crippen molar-refractivity contribution in [2.24, 2.45) is 0 Å². The third kappa shape index (κ3) is 2.55. The van der Waals surface area contributed by atoms with Gasteiger partial charge < -0.3 is 4.74 Å². The number of aldehydes is 1. The second kappa shape index (κ2) is 4.08. The Labute approximate surface area is 94.6 Å². The summed E-state index contributed by atoms with van der Waals surface area (Å²) in [6, 6.07) is 8.79. The number of hydrogen-bond acceptors (Lipinski definition) is 2. The fraction of sp³-hybridized carbons (Fsp3) is 0.0833. The van der Waals surface area contributed by atoms with E-state index in [1.807, 2.05) is 0 Å². The van der Waals surface area contributed by atoms with Crippen LogP contribution in [0.1, 0.15) is 10.4 Å². The van der Waals surface area contributed by atoms with Crippen molar-refractivity contribution in [1.82, 2.24) is 0 Å². The number of rotatable bonds is 2. The van der Waals surface area contributed by atoms with Gasteiger partial charge in [-0.2, -0.15) is 0 Å². The highest BCUT2D eigenvalue weighted by atomic mass is 19.4. The summed E-state index contributed by atoms with van der Waals surface area (Å²) in [6.07, 6.45) is -4.14. The smallest absolute Gasteiger partial charge is 0.406 e. The van der Waals surface area contributed by atoms with E-state index in [0.29, 0.717) is 22.6 Å². The van der Waals surface area contributed by atoms with Gasteiger partial charge >= 0.3 is 6.36 Å². The van der Waals surface area contributed by atoms with Gasteiger partial charge in [-0.15, -0.1) is 13.2 Å². The lowest BCUT2D eigenvalue weighted by molar-refractivity contribution is -0.274. The Morgan fingerprint density at radius 2 is 1.88 bits per heavy atom. The van der Waals surface area contributed by atoms with E-state index in [9.17, 15) is 18.0 Å². The monoisotopic (exact) mass is 240 g/mol. The summed E-state index contributed by atoms with van der Waals surface area (Å²) in [4.78, 5) is 10.8. The molecule has 0 heterocycles. The molecule has 0 aliphatic heterocycles. The van der Waals surface area contributed by atoms with E-state index in [1.165, 1.54) is 24.3 Å². The minimum atomic E-state index is -4.73. The number of halogens is 3. The van der Waals surface area contributed by atoms with Crippen molar-refractivity contribution in [2.75, 3.05) is 0 Å². The topological polar surface area (TPSA) is 26.3 Å². The maximum atomic E-state index is 12.0. The molecule has 0 spiro atoms. The molecular formula is C12H7F3O2. The Bertz CT molecular complexity index is 561. The lowest BCUT2D eigenvalue weighted by Gasteiger charge is -2.10. The molecule has 2 aromatic carbocycles. The molecule has 17 heavy (non-hydrogen) atoms. The van der Waals surface area contributed by atoms with Gasteiger partial charge in [-0.25, -0.2) is 0 Å². The first-order chi connectivity index (χ1) is 7.99. The average Bonchev–Trinajstić information content (AvgIpc) is 2.26. The van der Waals surface area contributed by atoms with Crippen LogP contribution in [0.15, 0.2) is 36.4 Å². The number of fused-ring (bicyclic) bond motifs is 1. The standard InChI is InChI=1S/C12H7F3O2/c13-12(14,15)17-10-5-4-8-2-1-3-9(7-16)11(8)6-10/h1-7H. The zero-order valence-corrected chi connectivity index (χ0v) is 8.49. The van der Waals surface area contributed by atoms with Crippen LogP contribution < -0.4 is 4.74 Å². The van der Waals surface area contributed by atoms with Crippen LogP contribution in [0, 0.1) is 0 Å². The molecule has 0 unspecified atom stereocenters. The summed E-state index contributed by atoms with van der Waals surface area (Å²) in [7, 11) is 0. The van der Waals surface area contributed by atoms with Crippen molar-refractivity contribution >= 4 is 17.1 Å². The number of hydrogen-bond donors (Lipinski definition) is 0. The van der Waals surface area contributed by atoms with Crippen molar-refractivity contribution < 1.29 is 22.7 Å². The predicted molar refractivity (Wildman–Crippen MR) is 56.0 cm³/mol. The van der Waals surface area contributed by atoms with Crippen molar-refractivity contribution in [3.05, 3.63) is 42.0 Å². The van der Waals surface area contributed by atoms with Crippen LogP contribution >= 0.6 is 0 Å². The van der Waals surface area contributed by atoms with Crippen molar-refractivity contribution in [1.29, 1.82) is 0 Å². The molecule has 88 valence electrons. The van der Waals surface area contributed by atoms with E-state index in [4.69, 9.17) is 0 Å². The number of carbonyl (C=O) groups excluding carboxylic acids is 1. The Morgan fingerprint density at radius 1 is 1.12 bits per heavy atom. The number of ether oxygens (including phenoxy) is 1. The number of alkyl halides is 3. The molecule has 0 atom stereocenters. The second-order valence-corrected chi connectivity index (χ2v) is 3.40. The summed E-state index contributed by atoms with van der Waals surface area (Å²) in [5.74, 6) is -0.334. The van der Waals surface area contributed by atoms with Crippen molar-refractivity contribution in [3.8, 4) is 5.75 Å². The molecule has 0 aromatic heterocycles. The summed E-state index contributed by atoms with van der Waals surface area (Å²) in [5, 5.41) is 1.12. The lowest BCUT2D eigenvalue weighted by Crippen LogP contribution is -2.17. The van der Waals surface area contributed by atoms with Crippen molar-refractivity contribution in [2.45, 2.75) is 6.36 Å². The minimum Gasteiger partial charge on any atom is -0.406 e. The third-order valence-electron chi connectivity index (χ3n) is 2.25. The number of carbonyl (C=O) groups is 1. The third-order valence-corrected chi connectivity index (χ3v) is 2.25. The summed E-state index contributed by atoms with van der Waals surface area (Å²) in [6.45, 7) is 0. The van der Waals surface area contributed by atoms with Gasteiger partial charge in [-0.3, -0.25) is 4.79 Å². The van der Waals surface area contributed by atoms with Gasteiger partial charge in [0.25, 0.3) is 0 Å². The van der Waals surface area contributed by atoms with Gasteiger partial charge in [0.2, 0.25) is 0 Å². The van der Waals surface area contributed by atoms with Crippen LogP contribution in [0.2, 0.25) is 0 Å². The summed E-state index contributed by atoms with van der Waals surface area (Å²) in [5.41, 5.74) is 0.329. The van der Waals surface area contributed by atoms with Crippen LogP contribution in [0.25, 0.3) is 10.8 Å². The van der Waals surface area contributed by atoms with E-state index >= 15 is 0 Å². The molecule has 0 N–H and O–H groups in total. The molecule has 0 aliphatic carbocycles. The largest absolute Gasteiger partial charge is 0.573 e. The Balaban J connectivity index is 2.52. The van der Waals surface area contributed by atoms with Gasteiger partial charge in [0.1, 0.15) is 5.75 Å². The Morgan fingerprint density at radius 3 is 2.53 bits per heavy atom. The first-order valence-corrected chi connectivity index (χ1v) is 4.73. The zero-order chi connectivity index (χ0) is 12.5. The van der Waals surface area contributed by atoms with E-state index in [-0.39, 0.29) is 5.75 Å². The molecule has 5 heteroatoms. The molecule has 2 aromatic rings. The van der Waals surface area contributed by atoms with Crippen LogP contribution in [0.4, 0.5) is 13.2 Å². The lowest BCUT2D eigenvalue weighted by atomic mass is 10.1. The molecule has 0 fully saturated rings. The fourth-order valence-corrected chi connectivity index (χ4v) is 1.58. The van der Waals surface area contributed by atoms with Crippen LogP contribution in [0.3, 0.4) is 0 Å². The first-order valence-electron chi connectivity index (χ1n) is 4.73. The molecule has 0 saturated heterocycles. The SMILES string of the molecule is O=Cc1cccc2ccc(OC(F)(F)F)cc12. The van der Waals surface area contributed by atoms with E-state index in [1.54, 1.807) is 12.1 Å². The summed E-state index contributed by atoms with van der Waals surface area (Å²) < 4.78 is 39.9. The highest BCUT2D eigenvalue weighted by Crippen LogP contribution is 2.27. The van der Waals surface area contributed by atoms with Crippen LogP contribution in [0.5, 0.6) is 5.75 Å². The normalized spacial score (nSPS) is 11.5. The van der Waals surface area contributed by atoms with Gasteiger partial charge in [-0.05, 0) is 22.9 Å². The van der Waals surface area contributed by atoms with Gasteiger partial charge in [-0.1, -0.05) is 24.3 Å². The van der Waals surface area contributed by atoms with E-state index in [2.05, 4.69) is 4.74 Å². The molecule has 0 saturated carbocycles. The van der Waals surface area contributed by atoms with Crippen LogP contribution in [-0.2, 0) is 0 Å². The fourth-order valence-electron chi connectivity index (χ4n) is 1.58. The highest BCUT2D eigenvalue weighted by molar-refractivity contribution is 5.98. The quantitative estimate of drug-likeness (QED) is 0.750. The molecular weight excluding hydrogens is 233 g/mol. The predicted octanol–water partition coefficient (Wildman–Crippen LogP) is 3.55. The molecule has 0 amide bonds. The molecule has 0 aliphatic rings. The maximum Gasteiger partial charge on any atom is 0.573 e. The average molecular weight is 240 g/mol. The molecule has 2 nitrogen and oxygen atoms in total. The van der Waals surface area contributed by atoms with Crippen molar-refractivity contribution in [3.63, 3.8) is 0 Å². The Kier molecular flexibility index (Phi) is 2.75. The molecule has 0 radical (unpaired) electrons. The second-order valence-electron chi connectivity index (χ2n) is 3.40. The summed E-state index contributed by atoms with van der Waals surface area (Å²) >= 11 is 0. The minimum absolute atomic E-state index is 0.329. The Hall–Kier alpha value is -2.04. The molecule has 0 bridgehead atoms. The van der Waals surface area contributed by atoms with Gasteiger partial charge in [0.05, 0.1) is 0 Å². The maximum absolute atomic E-state index is 12.0.